The predicted molar refractivity (Wildman–Crippen MR) is 363 cm³/mol. The van der Waals surface area contributed by atoms with Crippen LogP contribution in [0.4, 0.5) is 0 Å². The van der Waals surface area contributed by atoms with E-state index >= 15 is 28.8 Å². The molecule has 0 unspecified atom stereocenters. The Morgan fingerprint density at radius 2 is 0.806 bits per heavy atom. The van der Waals surface area contributed by atoms with Crippen LogP contribution in [0.5, 0.6) is 0 Å². The summed E-state index contributed by atoms with van der Waals surface area (Å²) in [6.45, 7) is 27.8. The van der Waals surface area contributed by atoms with Crippen LogP contribution in [0.3, 0.4) is 0 Å². The van der Waals surface area contributed by atoms with E-state index in [0.29, 0.717) is 37.9 Å². The first-order valence-corrected chi connectivity index (χ1v) is 34.9. The number of hydrogen-bond donors (Lipinski definition) is 7. The Kier molecular flexibility index (Phi) is 37.4. The van der Waals surface area contributed by atoms with Crippen LogP contribution in [-0.2, 0) is 52.7 Å². The van der Waals surface area contributed by atoms with Crippen molar-refractivity contribution in [2.45, 2.75) is 248 Å². The molecule has 1 aliphatic rings. The van der Waals surface area contributed by atoms with Crippen molar-refractivity contribution in [3.8, 4) is 0 Å². The van der Waals surface area contributed by atoms with Crippen LogP contribution in [0, 0.1) is 41.4 Å². The SMILES string of the molecule is CC[C@H]1NC(=O)[C@H]([C@H](O)[C@H](C)CCCCO)N(C)C(=O)[C@@H](C(C)C)N(C)C(=O)[C@@H](CC(C)C)N(C)C(=O)[C@H](CC(C)C)N(C)C(=O)[C@H](C)NC(=O)[C@@H](C)NC(=O)[C@@H](CC(C)C)N(C)C(=O)[C@@H](C(C)C)NC(=O)[C@H](CC(C)C)N(C)C(=O)[C@@H](CSCCCCO)N(C)C1=O. The Balaban J connectivity index is 4.53. The number of carbonyl (C=O) groups is 11. The van der Waals surface area contributed by atoms with Gasteiger partial charge in [-0.2, -0.15) is 11.8 Å². The van der Waals surface area contributed by atoms with E-state index in [1.54, 1.807) is 41.5 Å². The average molecular weight is 1340 g/mol. The third-order valence-electron chi connectivity index (χ3n) is 17.7. The van der Waals surface area contributed by atoms with Crippen LogP contribution in [0.25, 0.3) is 0 Å². The van der Waals surface area contributed by atoms with Crippen molar-refractivity contribution >= 4 is 76.7 Å². The molecule has 25 nitrogen and oxygen atoms in total. The van der Waals surface area contributed by atoms with Gasteiger partial charge in [0.2, 0.25) is 65.0 Å². The zero-order chi connectivity index (χ0) is 71.8. The van der Waals surface area contributed by atoms with E-state index < -0.39 is 155 Å². The topological polar surface area (TPSA) is 319 Å². The van der Waals surface area contributed by atoms with Crippen molar-refractivity contribution in [2.75, 3.05) is 74.1 Å². The third kappa shape index (κ3) is 25.2. The summed E-state index contributed by atoms with van der Waals surface area (Å²) in [6.07, 6.45) is 1.18. The number of aliphatic hydroxyl groups is 3. The lowest BCUT2D eigenvalue weighted by Gasteiger charge is -2.41. The van der Waals surface area contributed by atoms with E-state index in [9.17, 15) is 39.3 Å². The number of amides is 11. The average Bonchev–Trinajstić information content (AvgIpc) is 0.859. The minimum atomic E-state index is -1.67. The molecule has 1 rings (SSSR count). The highest BCUT2D eigenvalue weighted by atomic mass is 32.2. The second kappa shape index (κ2) is 40.7. The molecule has 0 saturated carbocycles. The van der Waals surface area contributed by atoms with Crippen molar-refractivity contribution in [3.63, 3.8) is 0 Å². The van der Waals surface area contributed by atoms with E-state index in [-0.39, 0.29) is 74.7 Å². The molecule has 1 saturated heterocycles. The molecule has 0 spiro atoms. The molecule has 0 bridgehead atoms. The van der Waals surface area contributed by atoms with E-state index in [1.165, 1.54) is 104 Å². The first-order chi connectivity index (χ1) is 43.2. The lowest BCUT2D eigenvalue weighted by Crippen LogP contribution is -2.64. The van der Waals surface area contributed by atoms with Gasteiger partial charge >= 0.3 is 0 Å². The van der Waals surface area contributed by atoms with E-state index in [0.717, 1.165) is 4.90 Å². The largest absolute Gasteiger partial charge is 0.396 e. The van der Waals surface area contributed by atoms with Gasteiger partial charge in [0.05, 0.1) is 6.10 Å². The normalized spacial score (nSPS) is 26.3. The summed E-state index contributed by atoms with van der Waals surface area (Å²) < 4.78 is 0. The molecular weight excluding hydrogens is 1210 g/mol. The van der Waals surface area contributed by atoms with Gasteiger partial charge in [0.1, 0.15) is 66.5 Å². The molecule has 0 aromatic carbocycles. The smallest absolute Gasteiger partial charge is 0.246 e. The fourth-order valence-electron chi connectivity index (χ4n) is 11.8. The molecule has 1 aliphatic heterocycles. The summed E-state index contributed by atoms with van der Waals surface area (Å²) in [7, 11) is 9.95. The molecule has 13 atom stereocenters. The fourth-order valence-corrected chi connectivity index (χ4v) is 12.9. The van der Waals surface area contributed by atoms with Gasteiger partial charge < -0.3 is 70.9 Å². The number of thioether (sulfide) groups is 1. The number of unbranched alkanes of at least 4 members (excludes halogenated alkanes) is 2. The Morgan fingerprint density at radius 3 is 1.27 bits per heavy atom. The molecule has 0 aliphatic carbocycles. The minimum absolute atomic E-state index is 0.0240. The van der Waals surface area contributed by atoms with Crippen molar-refractivity contribution in [3.05, 3.63) is 0 Å². The highest BCUT2D eigenvalue weighted by Gasteiger charge is 2.46. The number of likely N-dealkylation sites (N-methyl/N-ethyl adjacent to an activating group) is 7. The van der Waals surface area contributed by atoms with Crippen LogP contribution in [0.15, 0.2) is 0 Å². The second-order valence-electron chi connectivity index (χ2n) is 28.2. The van der Waals surface area contributed by atoms with Crippen molar-refractivity contribution in [1.29, 1.82) is 0 Å². The third-order valence-corrected chi connectivity index (χ3v) is 18.8. The molecule has 1 fully saturated rings. The van der Waals surface area contributed by atoms with E-state index in [4.69, 9.17) is 0 Å². The van der Waals surface area contributed by atoms with E-state index in [1.807, 2.05) is 55.4 Å². The molecule has 11 amide bonds. The Morgan fingerprint density at radius 1 is 0.409 bits per heavy atom. The molecule has 0 aromatic heterocycles. The number of hydrogen-bond acceptors (Lipinski definition) is 15. The highest BCUT2D eigenvalue weighted by molar-refractivity contribution is 7.99. The van der Waals surface area contributed by atoms with Gasteiger partial charge in [0.15, 0.2) is 0 Å². The number of rotatable bonds is 23. The Hall–Kier alpha value is -5.60. The van der Waals surface area contributed by atoms with Gasteiger partial charge in [-0.15, -0.1) is 0 Å². The van der Waals surface area contributed by atoms with Crippen LogP contribution >= 0.6 is 11.8 Å². The van der Waals surface area contributed by atoms with Crippen LogP contribution in [0.2, 0.25) is 0 Å². The minimum Gasteiger partial charge on any atom is -0.396 e. The van der Waals surface area contributed by atoms with Crippen molar-refractivity contribution < 1.29 is 68.1 Å². The van der Waals surface area contributed by atoms with Gasteiger partial charge in [-0.25, -0.2) is 0 Å². The molecule has 7 N–H and O–H groups in total. The monoisotopic (exact) mass is 1340 g/mol. The summed E-state index contributed by atoms with van der Waals surface area (Å²) in [5, 5.41) is 42.6. The molecule has 536 valence electrons. The predicted octanol–water partition coefficient (Wildman–Crippen LogP) is 3.34. The van der Waals surface area contributed by atoms with Gasteiger partial charge in [-0.3, -0.25) is 52.7 Å². The number of carbonyl (C=O) groups excluding carboxylic acids is 11. The molecule has 0 aromatic rings. The summed E-state index contributed by atoms with van der Waals surface area (Å²) >= 11 is 1.35. The first kappa shape index (κ1) is 85.4. The quantitative estimate of drug-likeness (QED) is 0.0722. The maximum absolute atomic E-state index is 15.3. The molecular formula is C67H123N11O14S. The van der Waals surface area contributed by atoms with Crippen LogP contribution in [0.1, 0.15) is 175 Å². The maximum atomic E-state index is 15.3. The fraction of sp³-hybridized carbons (Fsp3) is 0.836. The first-order valence-electron chi connectivity index (χ1n) is 33.7. The lowest BCUT2D eigenvalue weighted by atomic mass is 9.90. The second-order valence-corrected chi connectivity index (χ2v) is 29.4. The Labute approximate surface area is 561 Å². The lowest BCUT2D eigenvalue weighted by molar-refractivity contribution is -0.157. The molecule has 0 radical (unpaired) electrons. The van der Waals surface area contributed by atoms with Crippen molar-refractivity contribution in [1.82, 2.24) is 55.6 Å². The van der Waals surface area contributed by atoms with Gasteiger partial charge in [0, 0.05) is 68.3 Å². The highest BCUT2D eigenvalue weighted by Crippen LogP contribution is 2.27. The van der Waals surface area contributed by atoms with Crippen LogP contribution < -0.4 is 21.3 Å². The maximum Gasteiger partial charge on any atom is 0.246 e. The number of nitrogens with zero attached hydrogens (tertiary/aromatic N) is 7. The summed E-state index contributed by atoms with van der Waals surface area (Å²) in [5.41, 5.74) is 0. The Bertz CT molecular complexity index is 2450. The standard InChI is InChI=1S/C67H123N11O14S/c1-24-47-62(87)76(21)52(37-93-32-28-27-31-80)65(90)72(17)49(34-39(4)5)59(84)71-53(42(10)11)66(91)73(18)48(33-38(2)3)58(83)68-45(15)57(82)69-46(16)61(86)74(19)50(35-40(6)7)63(88)75(20)51(36-41(8)9)64(89)77(22)54(43(12)13)67(92)78(23)55(60(85)70-47)56(81)44(14)29-25-26-30-79/h38-56,79-81H,24-37H2,1-23H3,(H,68,83)(H,69,82)(H,70,85)(H,71,84)/t44-,45-,46+,47-,48-,49+,50+,51-,52-,53-,54-,55+,56-/m1/s1. The molecule has 93 heavy (non-hydrogen) atoms. The zero-order valence-electron chi connectivity index (χ0n) is 60.7. The van der Waals surface area contributed by atoms with Gasteiger partial charge in [0.25, 0.3) is 0 Å². The number of aliphatic hydroxyl groups excluding tert-OH is 3. The summed E-state index contributed by atoms with van der Waals surface area (Å²) in [6, 6.07) is -14.0. The van der Waals surface area contributed by atoms with Crippen LogP contribution in [-0.4, -0.2) is 261 Å². The molecule has 26 heteroatoms. The van der Waals surface area contributed by atoms with Crippen molar-refractivity contribution in [2.24, 2.45) is 41.4 Å². The zero-order valence-corrected chi connectivity index (χ0v) is 61.6. The van der Waals surface area contributed by atoms with Gasteiger partial charge in [-0.05, 0) is 119 Å². The van der Waals surface area contributed by atoms with Gasteiger partial charge in [-0.1, -0.05) is 103 Å². The summed E-state index contributed by atoms with van der Waals surface area (Å²) in [5.74, 6) is -9.62. The van der Waals surface area contributed by atoms with E-state index in [2.05, 4.69) is 21.3 Å². The number of nitrogens with one attached hydrogen (secondary N) is 4. The summed E-state index contributed by atoms with van der Waals surface area (Å²) in [4.78, 5) is 172. The molecule has 1 heterocycles.